The van der Waals surface area contributed by atoms with Crippen LogP contribution < -0.4 is 19.7 Å². The Balaban J connectivity index is 1.57. The second-order valence-electron chi connectivity index (χ2n) is 6.75. The van der Waals surface area contributed by atoms with Gasteiger partial charge >= 0.3 is 0 Å². The van der Waals surface area contributed by atoms with Gasteiger partial charge in [0.1, 0.15) is 30.5 Å². The largest absolute Gasteiger partial charge is 0.486 e. The van der Waals surface area contributed by atoms with Crippen LogP contribution >= 0.6 is 11.3 Å². The number of carbonyl (C=O) groups is 2. The molecule has 5 rings (SSSR count). The molecule has 1 N–H and O–H groups in total. The van der Waals surface area contributed by atoms with E-state index >= 15 is 0 Å². The number of nitrogens with zero attached hydrogens (tertiary/aromatic N) is 1. The van der Waals surface area contributed by atoms with Gasteiger partial charge < -0.3 is 14.8 Å². The zero-order valence-electron chi connectivity index (χ0n) is 15.9. The molecule has 0 fully saturated rings. The van der Waals surface area contributed by atoms with Gasteiger partial charge in [0.25, 0.3) is 11.8 Å². The van der Waals surface area contributed by atoms with E-state index in [0.29, 0.717) is 46.2 Å². The van der Waals surface area contributed by atoms with Crippen LogP contribution in [0, 0.1) is 11.6 Å². The van der Waals surface area contributed by atoms with Crippen molar-refractivity contribution in [1.82, 2.24) is 0 Å². The summed E-state index contributed by atoms with van der Waals surface area (Å²) < 4.78 is 38.8. The van der Waals surface area contributed by atoms with Crippen molar-refractivity contribution in [2.75, 3.05) is 23.4 Å². The summed E-state index contributed by atoms with van der Waals surface area (Å²) in [7, 11) is 0. The van der Waals surface area contributed by atoms with Crippen LogP contribution in [0.15, 0.2) is 59.6 Å². The Bertz CT molecular complexity index is 1240. The van der Waals surface area contributed by atoms with Crippen LogP contribution in [0.2, 0.25) is 0 Å². The lowest BCUT2D eigenvalue weighted by atomic mass is 10.1. The van der Waals surface area contributed by atoms with E-state index in [0.717, 1.165) is 12.1 Å². The van der Waals surface area contributed by atoms with E-state index in [-0.39, 0.29) is 17.0 Å². The van der Waals surface area contributed by atoms with Crippen molar-refractivity contribution in [2.45, 2.75) is 0 Å². The predicted octanol–water partition coefficient (Wildman–Crippen LogP) is 4.19. The summed E-state index contributed by atoms with van der Waals surface area (Å²) in [5.41, 5.74) is 0.284. The molecule has 0 bridgehead atoms. The number of fused-ring (bicyclic) bond motifs is 1. The molecule has 1 aromatic heterocycles. The van der Waals surface area contributed by atoms with Gasteiger partial charge in [-0.05, 0) is 35.7 Å². The first kappa shape index (κ1) is 19.3. The van der Waals surface area contributed by atoms with Crippen molar-refractivity contribution in [1.29, 1.82) is 0 Å². The van der Waals surface area contributed by atoms with E-state index in [1.54, 1.807) is 35.7 Å². The molecule has 3 aromatic rings. The Morgan fingerprint density at radius 2 is 1.74 bits per heavy atom. The van der Waals surface area contributed by atoms with Crippen molar-refractivity contribution in [3.05, 3.63) is 76.1 Å². The first-order valence-corrected chi connectivity index (χ1v) is 10.2. The van der Waals surface area contributed by atoms with E-state index in [2.05, 4.69) is 5.32 Å². The van der Waals surface area contributed by atoms with Gasteiger partial charge in [0, 0.05) is 22.7 Å². The number of thiophene rings is 1. The average Bonchev–Trinajstić information content (AvgIpc) is 3.36. The lowest BCUT2D eigenvalue weighted by Gasteiger charge is -2.19. The fourth-order valence-corrected chi connectivity index (χ4v) is 4.21. The number of anilines is 2. The molecule has 31 heavy (non-hydrogen) atoms. The predicted molar refractivity (Wildman–Crippen MR) is 111 cm³/mol. The molecule has 2 amide bonds. The first-order valence-electron chi connectivity index (χ1n) is 9.31. The van der Waals surface area contributed by atoms with Crippen LogP contribution in [0.25, 0.3) is 5.57 Å². The lowest BCUT2D eigenvalue weighted by Crippen LogP contribution is -2.33. The highest BCUT2D eigenvalue weighted by Crippen LogP contribution is 2.38. The van der Waals surface area contributed by atoms with Gasteiger partial charge in [0.2, 0.25) is 0 Å². The number of rotatable bonds is 4. The minimum atomic E-state index is -1.01. The molecular weight excluding hydrogens is 426 g/mol. The van der Waals surface area contributed by atoms with Crippen molar-refractivity contribution >= 4 is 40.1 Å². The van der Waals surface area contributed by atoms with Gasteiger partial charge in [0.15, 0.2) is 11.5 Å². The van der Waals surface area contributed by atoms with Gasteiger partial charge in [-0.2, -0.15) is 0 Å². The highest BCUT2D eigenvalue weighted by Gasteiger charge is 2.41. The van der Waals surface area contributed by atoms with E-state index in [9.17, 15) is 18.4 Å². The third-order valence-corrected chi connectivity index (χ3v) is 5.70. The number of hydrogen-bond acceptors (Lipinski definition) is 6. The molecule has 2 aliphatic rings. The highest BCUT2D eigenvalue weighted by atomic mass is 32.1. The summed E-state index contributed by atoms with van der Waals surface area (Å²) in [5.74, 6) is -2.16. The average molecular weight is 440 g/mol. The number of nitrogens with one attached hydrogen (secondary N) is 1. The van der Waals surface area contributed by atoms with Gasteiger partial charge in [-0.25, -0.2) is 13.7 Å². The molecule has 0 saturated carbocycles. The van der Waals surface area contributed by atoms with Crippen LogP contribution in [0.3, 0.4) is 0 Å². The Morgan fingerprint density at radius 1 is 0.935 bits per heavy atom. The number of imide groups is 1. The van der Waals surface area contributed by atoms with Gasteiger partial charge in [-0.1, -0.05) is 6.07 Å². The summed E-state index contributed by atoms with van der Waals surface area (Å²) in [6.45, 7) is 0.841. The molecule has 0 saturated heterocycles. The Kier molecular flexibility index (Phi) is 4.67. The van der Waals surface area contributed by atoms with Gasteiger partial charge in [-0.15, -0.1) is 11.3 Å². The number of halogens is 2. The second kappa shape index (κ2) is 7.51. The lowest BCUT2D eigenvalue weighted by molar-refractivity contribution is -0.120. The summed E-state index contributed by atoms with van der Waals surface area (Å²) >= 11 is 1.27. The third-order valence-electron chi connectivity index (χ3n) is 4.81. The van der Waals surface area contributed by atoms with E-state index < -0.39 is 23.4 Å². The molecule has 3 heterocycles. The van der Waals surface area contributed by atoms with Gasteiger partial charge in [-0.3, -0.25) is 9.59 Å². The molecule has 9 heteroatoms. The maximum Gasteiger partial charge on any atom is 0.282 e. The minimum Gasteiger partial charge on any atom is -0.486 e. The number of benzene rings is 2. The molecule has 0 aliphatic carbocycles. The normalized spacial score (nSPS) is 15.6. The molecule has 2 aromatic carbocycles. The molecule has 0 radical (unpaired) electrons. The van der Waals surface area contributed by atoms with Crippen LogP contribution in [0.5, 0.6) is 11.5 Å². The SMILES string of the molecule is O=C1C(Nc2ccc3c(c2)OCCO3)=C(c2cccs2)C(=O)N1c1ccc(F)cc1F. The van der Waals surface area contributed by atoms with E-state index in [4.69, 9.17) is 9.47 Å². The third kappa shape index (κ3) is 3.32. The summed E-state index contributed by atoms with van der Waals surface area (Å²) in [4.78, 5) is 27.7. The van der Waals surface area contributed by atoms with Gasteiger partial charge in [0.05, 0.1) is 11.3 Å². The Labute approximate surface area is 179 Å². The smallest absolute Gasteiger partial charge is 0.282 e. The van der Waals surface area contributed by atoms with E-state index in [1.165, 1.54) is 11.3 Å². The van der Waals surface area contributed by atoms with Crippen molar-refractivity contribution in [2.24, 2.45) is 0 Å². The quantitative estimate of drug-likeness (QED) is 0.616. The zero-order valence-corrected chi connectivity index (χ0v) is 16.7. The summed E-state index contributed by atoms with van der Waals surface area (Å²) in [5, 5.41) is 4.75. The minimum absolute atomic E-state index is 0.00662. The number of ether oxygens (including phenoxy) is 2. The molecule has 6 nitrogen and oxygen atoms in total. The van der Waals surface area contributed by atoms with Crippen LogP contribution in [-0.2, 0) is 9.59 Å². The monoisotopic (exact) mass is 440 g/mol. The summed E-state index contributed by atoms with van der Waals surface area (Å²) in [6, 6.07) is 11.2. The van der Waals surface area contributed by atoms with Crippen molar-refractivity contribution in [3.8, 4) is 11.5 Å². The van der Waals surface area contributed by atoms with Crippen molar-refractivity contribution in [3.63, 3.8) is 0 Å². The zero-order chi connectivity index (χ0) is 21.5. The van der Waals surface area contributed by atoms with Crippen LogP contribution in [-0.4, -0.2) is 25.0 Å². The second-order valence-corrected chi connectivity index (χ2v) is 7.70. The van der Waals surface area contributed by atoms with E-state index in [1.807, 2.05) is 0 Å². The summed E-state index contributed by atoms with van der Waals surface area (Å²) in [6.07, 6.45) is 0. The fourth-order valence-electron chi connectivity index (χ4n) is 3.44. The molecule has 2 aliphatic heterocycles. The molecule has 0 atom stereocenters. The maximum atomic E-state index is 14.4. The highest BCUT2D eigenvalue weighted by molar-refractivity contribution is 7.11. The van der Waals surface area contributed by atoms with Crippen LogP contribution in [0.4, 0.5) is 20.2 Å². The maximum absolute atomic E-state index is 14.4. The van der Waals surface area contributed by atoms with Crippen LogP contribution in [0.1, 0.15) is 4.88 Å². The standard InChI is InChI=1S/C22H14F2N2O4S/c23-12-3-5-15(14(24)10-12)26-21(27)19(18-2-1-9-31-18)20(22(26)28)25-13-4-6-16-17(11-13)30-8-7-29-16/h1-6,9-11,25H,7-8H2. The topological polar surface area (TPSA) is 67.9 Å². The molecular formula is C22H14F2N2O4S. The first-order chi connectivity index (χ1) is 15.0. The fraction of sp³-hybridized carbons (Fsp3) is 0.0909. The molecule has 0 spiro atoms. The van der Waals surface area contributed by atoms with Crippen molar-refractivity contribution < 1.29 is 27.8 Å². The molecule has 0 unspecified atom stereocenters. The number of amides is 2. The Hall–Kier alpha value is -3.72. The Morgan fingerprint density at radius 3 is 2.48 bits per heavy atom. The molecule has 156 valence electrons. The number of hydrogen-bond donors (Lipinski definition) is 1. The number of carbonyl (C=O) groups excluding carboxylic acids is 2.